The number of hydrogen-bond donors (Lipinski definition) is 1. The molecule has 11 heavy (non-hydrogen) atoms. The van der Waals surface area contributed by atoms with Gasteiger partial charge in [-0.3, -0.25) is 0 Å². The molecule has 1 unspecified atom stereocenters. The second kappa shape index (κ2) is 2.81. The average molecular weight is 193 g/mol. The predicted molar refractivity (Wildman–Crippen MR) is 47.7 cm³/mol. The van der Waals surface area contributed by atoms with Crippen molar-refractivity contribution in [3.05, 3.63) is 22.2 Å². The van der Waals surface area contributed by atoms with E-state index in [2.05, 4.69) is 0 Å². The summed E-state index contributed by atoms with van der Waals surface area (Å²) in [5, 5.41) is 10.5. The Morgan fingerprint density at radius 1 is 1.45 bits per heavy atom. The molecule has 62 valence electrons. The first kappa shape index (κ1) is 9.11. The molecule has 1 rings (SSSR count). The summed E-state index contributed by atoms with van der Waals surface area (Å²) in [5.74, 6) is 0. The molecule has 0 radical (unpaired) electrons. The lowest BCUT2D eigenvalue weighted by atomic mass is 9.83. The van der Waals surface area contributed by atoms with Crippen LogP contribution in [0.25, 0.3) is 0 Å². The quantitative estimate of drug-likeness (QED) is 0.626. The number of allylic oxidation sites excluding steroid dienone is 2. The topological polar surface area (TPSA) is 20.2 Å². The van der Waals surface area contributed by atoms with Gasteiger partial charge in [-0.1, -0.05) is 43.1 Å². The van der Waals surface area contributed by atoms with E-state index in [9.17, 15) is 5.11 Å². The van der Waals surface area contributed by atoms with Gasteiger partial charge < -0.3 is 5.11 Å². The SMILES string of the molecule is CC1(C)C(Cl)=C(Cl)C=CC1O. The van der Waals surface area contributed by atoms with Gasteiger partial charge in [-0.15, -0.1) is 0 Å². The normalized spacial score (nSPS) is 29.4. The van der Waals surface area contributed by atoms with Crippen LogP contribution in [0.4, 0.5) is 0 Å². The Bertz CT molecular complexity index is 228. The van der Waals surface area contributed by atoms with E-state index in [0.717, 1.165) is 0 Å². The molecule has 1 atom stereocenters. The van der Waals surface area contributed by atoms with Crippen LogP contribution in [0.2, 0.25) is 0 Å². The summed E-state index contributed by atoms with van der Waals surface area (Å²) in [7, 11) is 0. The van der Waals surface area contributed by atoms with Crippen LogP contribution in [-0.4, -0.2) is 11.2 Å². The molecule has 0 aliphatic heterocycles. The third-order valence-electron chi connectivity index (χ3n) is 1.94. The van der Waals surface area contributed by atoms with Gasteiger partial charge in [0.05, 0.1) is 11.1 Å². The molecule has 0 saturated heterocycles. The van der Waals surface area contributed by atoms with Crippen LogP contribution < -0.4 is 0 Å². The molecule has 1 aliphatic carbocycles. The standard InChI is InChI=1S/C8H10Cl2O/c1-8(2)6(11)4-3-5(9)7(8)10/h3-4,6,11H,1-2H3. The Balaban J connectivity index is 3.07. The molecular formula is C8H10Cl2O. The summed E-state index contributed by atoms with van der Waals surface area (Å²) in [6, 6.07) is 0. The van der Waals surface area contributed by atoms with Crippen molar-refractivity contribution in [3.8, 4) is 0 Å². The third-order valence-corrected chi connectivity index (χ3v) is 3.04. The fourth-order valence-corrected chi connectivity index (χ4v) is 1.42. The van der Waals surface area contributed by atoms with Gasteiger partial charge in [0.25, 0.3) is 0 Å². The van der Waals surface area contributed by atoms with Gasteiger partial charge in [0.2, 0.25) is 0 Å². The molecule has 0 aromatic carbocycles. The molecule has 0 spiro atoms. The molecule has 0 heterocycles. The van der Waals surface area contributed by atoms with Crippen LogP contribution in [0.3, 0.4) is 0 Å². The molecule has 1 aliphatic rings. The number of halogens is 2. The lowest BCUT2D eigenvalue weighted by molar-refractivity contribution is 0.120. The molecule has 0 aromatic heterocycles. The van der Waals surface area contributed by atoms with E-state index in [1.807, 2.05) is 13.8 Å². The number of rotatable bonds is 0. The van der Waals surface area contributed by atoms with Gasteiger partial charge in [-0.2, -0.15) is 0 Å². The van der Waals surface area contributed by atoms with Gasteiger partial charge >= 0.3 is 0 Å². The maximum Gasteiger partial charge on any atom is 0.0824 e. The smallest absolute Gasteiger partial charge is 0.0824 e. The van der Waals surface area contributed by atoms with Crippen molar-refractivity contribution >= 4 is 23.2 Å². The molecule has 1 N–H and O–H groups in total. The fraction of sp³-hybridized carbons (Fsp3) is 0.500. The Labute approximate surface area is 76.3 Å². The Hall–Kier alpha value is 0.0200. The van der Waals surface area contributed by atoms with Gasteiger partial charge in [0.15, 0.2) is 0 Å². The van der Waals surface area contributed by atoms with Crippen LogP contribution in [0, 0.1) is 5.41 Å². The zero-order valence-electron chi connectivity index (χ0n) is 6.44. The third kappa shape index (κ3) is 1.46. The van der Waals surface area contributed by atoms with Crippen molar-refractivity contribution in [1.29, 1.82) is 0 Å². The largest absolute Gasteiger partial charge is 0.388 e. The summed E-state index contributed by atoms with van der Waals surface area (Å²) in [6.07, 6.45) is 2.73. The van der Waals surface area contributed by atoms with Crippen molar-refractivity contribution in [2.24, 2.45) is 5.41 Å². The molecule has 0 aromatic rings. The lowest BCUT2D eigenvalue weighted by Crippen LogP contribution is -2.30. The van der Waals surface area contributed by atoms with Crippen LogP contribution in [-0.2, 0) is 0 Å². The number of hydrogen-bond acceptors (Lipinski definition) is 1. The minimum Gasteiger partial charge on any atom is -0.388 e. The molecule has 0 bridgehead atoms. The zero-order valence-corrected chi connectivity index (χ0v) is 7.95. The molecular weight excluding hydrogens is 183 g/mol. The Kier molecular flexibility index (Phi) is 2.33. The summed E-state index contributed by atoms with van der Waals surface area (Å²) < 4.78 is 0. The van der Waals surface area contributed by atoms with Crippen molar-refractivity contribution < 1.29 is 5.11 Å². The highest BCUT2D eigenvalue weighted by Gasteiger charge is 2.33. The van der Waals surface area contributed by atoms with E-state index in [0.29, 0.717) is 10.1 Å². The predicted octanol–water partition coefficient (Wildman–Crippen LogP) is 2.63. The molecule has 0 saturated carbocycles. The van der Waals surface area contributed by atoms with Crippen LogP contribution in [0.15, 0.2) is 22.2 Å². The van der Waals surface area contributed by atoms with E-state index >= 15 is 0 Å². The van der Waals surface area contributed by atoms with Crippen LogP contribution >= 0.6 is 23.2 Å². The molecule has 0 fully saturated rings. The first-order chi connectivity index (χ1) is 4.96. The van der Waals surface area contributed by atoms with E-state index < -0.39 is 11.5 Å². The molecule has 1 nitrogen and oxygen atoms in total. The maximum absolute atomic E-state index is 9.46. The highest BCUT2D eigenvalue weighted by atomic mass is 35.5. The van der Waals surface area contributed by atoms with Gasteiger partial charge in [-0.25, -0.2) is 0 Å². The van der Waals surface area contributed by atoms with Crippen LogP contribution in [0.5, 0.6) is 0 Å². The summed E-state index contributed by atoms with van der Waals surface area (Å²) in [6.45, 7) is 3.71. The number of aliphatic hydroxyl groups excluding tert-OH is 1. The summed E-state index contributed by atoms with van der Waals surface area (Å²) >= 11 is 11.7. The highest BCUT2D eigenvalue weighted by Crippen LogP contribution is 2.40. The van der Waals surface area contributed by atoms with Crippen molar-refractivity contribution in [3.63, 3.8) is 0 Å². The fourth-order valence-electron chi connectivity index (χ4n) is 0.927. The first-order valence-corrected chi connectivity index (χ1v) is 4.14. The second-order valence-electron chi connectivity index (χ2n) is 3.19. The van der Waals surface area contributed by atoms with E-state index in [1.54, 1.807) is 12.2 Å². The number of aliphatic hydroxyl groups is 1. The lowest BCUT2D eigenvalue weighted by Gasteiger charge is -2.31. The molecule has 0 amide bonds. The van der Waals surface area contributed by atoms with E-state index in [4.69, 9.17) is 23.2 Å². The zero-order chi connectivity index (χ0) is 8.65. The van der Waals surface area contributed by atoms with E-state index in [-0.39, 0.29) is 0 Å². The second-order valence-corrected chi connectivity index (χ2v) is 3.97. The average Bonchev–Trinajstić information content (AvgIpc) is 1.95. The highest BCUT2D eigenvalue weighted by molar-refractivity contribution is 6.40. The monoisotopic (exact) mass is 192 g/mol. The first-order valence-electron chi connectivity index (χ1n) is 3.38. The van der Waals surface area contributed by atoms with Crippen molar-refractivity contribution in [2.45, 2.75) is 20.0 Å². The minimum absolute atomic E-state index is 0.451. The Morgan fingerprint density at radius 3 is 2.45 bits per heavy atom. The van der Waals surface area contributed by atoms with Gasteiger partial charge in [0.1, 0.15) is 0 Å². The van der Waals surface area contributed by atoms with E-state index in [1.165, 1.54) is 0 Å². The summed E-state index contributed by atoms with van der Waals surface area (Å²) in [4.78, 5) is 0. The van der Waals surface area contributed by atoms with Gasteiger partial charge in [-0.05, 0) is 6.08 Å². The summed E-state index contributed by atoms with van der Waals surface area (Å²) in [5.41, 5.74) is -0.451. The van der Waals surface area contributed by atoms with Crippen molar-refractivity contribution in [2.75, 3.05) is 0 Å². The van der Waals surface area contributed by atoms with Gasteiger partial charge in [0, 0.05) is 10.4 Å². The Morgan fingerprint density at radius 2 is 2.00 bits per heavy atom. The minimum atomic E-state index is -0.544. The molecule has 3 heteroatoms. The maximum atomic E-state index is 9.46. The van der Waals surface area contributed by atoms with Crippen molar-refractivity contribution in [1.82, 2.24) is 0 Å². The van der Waals surface area contributed by atoms with Crippen LogP contribution in [0.1, 0.15) is 13.8 Å².